The molecule has 0 unspecified atom stereocenters. The van der Waals surface area contributed by atoms with Gasteiger partial charge in [-0.05, 0) is 18.4 Å². The highest BCUT2D eigenvalue weighted by molar-refractivity contribution is 6.22. The molecule has 0 atom stereocenters. The molecule has 138 valence electrons. The van der Waals surface area contributed by atoms with Crippen LogP contribution in [0.2, 0.25) is 0 Å². The van der Waals surface area contributed by atoms with Crippen LogP contribution in [0, 0.1) is 31.6 Å². The first-order valence-corrected chi connectivity index (χ1v) is 7.80. The maximum atomic E-state index is 12.3. The zero-order chi connectivity index (χ0) is 19.6. The second-order valence-electron chi connectivity index (χ2n) is 6.96. The van der Waals surface area contributed by atoms with Gasteiger partial charge in [-0.15, -0.1) is 0 Å². The van der Waals surface area contributed by atoms with Crippen LogP contribution in [0.3, 0.4) is 0 Å². The summed E-state index contributed by atoms with van der Waals surface area (Å²) in [5, 5.41) is 25.8. The highest BCUT2D eigenvalue weighted by Gasteiger charge is 2.41. The van der Waals surface area contributed by atoms with E-state index in [0.717, 1.165) is 18.2 Å². The van der Waals surface area contributed by atoms with E-state index < -0.39 is 32.6 Å². The van der Waals surface area contributed by atoms with Crippen molar-refractivity contribution in [2.24, 2.45) is 16.4 Å². The molecule has 0 aliphatic heterocycles. The maximum Gasteiger partial charge on any atom is 0.301 e. The van der Waals surface area contributed by atoms with Crippen molar-refractivity contribution in [2.75, 3.05) is 5.43 Å². The Morgan fingerprint density at radius 2 is 1.73 bits per heavy atom. The minimum Gasteiger partial charge on any atom is -0.298 e. The first-order valence-electron chi connectivity index (χ1n) is 7.80. The maximum absolute atomic E-state index is 12.3. The van der Waals surface area contributed by atoms with Crippen LogP contribution in [0.1, 0.15) is 33.6 Å². The Hall–Kier alpha value is -3.17. The normalized spacial score (nSPS) is 17.9. The van der Waals surface area contributed by atoms with E-state index in [2.05, 4.69) is 10.5 Å². The lowest BCUT2D eigenvalue weighted by Crippen LogP contribution is -2.41. The average molecular weight is 362 g/mol. The number of Topliss-reactive ketones (excluding diaryl/α,β-unsaturated/α-hetero) is 2. The van der Waals surface area contributed by atoms with Crippen LogP contribution in [-0.4, -0.2) is 27.1 Å². The van der Waals surface area contributed by atoms with Crippen LogP contribution in [0.4, 0.5) is 17.1 Å². The number of nitro groups is 2. The predicted octanol–water partition coefficient (Wildman–Crippen LogP) is 2.87. The van der Waals surface area contributed by atoms with Crippen molar-refractivity contribution in [3.8, 4) is 0 Å². The second-order valence-corrected chi connectivity index (χ2v) is 6.96. The van der Waals surface area contributed by atoms with Gasteiger partial charge in [-0.3, -0.25) is 35.2 Å². The first kappa shape index (κ1) is 19.2. The topological polar surface area (TPSA) is 145 Å². The number of anilines is 1. The zero-order valence-electron chi connectivity index (χ0n) is 14.5. The van der Waals surface area contributed by atoms with E-state index in [9.17, 15) is 29.8 Å². The molecule has 0 aromatic heterocycles. The van der Waals surface area contributed by atoms with Gasteiger partial charge in [0.15, 0.2) is 0 Å². The van der Waals surface area contributed by atoms with Gasteiger partial charge in [0.1, 0.15) is 23.2 Å². The molecule has 0 bridgehead atoms. The summed E-state index contributed by atoms with van der Waals surface area (Å²) in [7, 11) is 0. The number of hydrazone groups is 1. The second kappa shape index (κ2) is 6.98. The number of ketones is 2. The lowest BCUT2D eigenvalue weighted by atomic mass is 9.70. The molecule has 0 saturated heterocycles. The van der Waals surface area contributed by atoms with Crippen molar-refractivity contribution in [3.63, 3.8) is 0 Å². The molecule has 1 aromatic rings. The highest BCUT2D eigenvalue weighted by Crippen LogP contribution is 2.34. The smallest absolute Gasteiger partial charge is 0.298 e. The van der Waals surface area contributed by atoms with Gasteiger partial charge in [-0.1, -0.05) is 13.8 Å². The molecular formula is C16H18N4O6. The van der Waals surface area contributed by atoms with E-state index in [1.54, 1.807) is 0 Å². The largest absolute Gasteiger partial charge is 0.301 e. The summed E-state index contributed by atoms with van der Waals surface area (Å²) in [4.78, 5) is 44.8. The average Bonchev–Trinajstić information content (AvgIpc) is 2.50. The van der Waals surface area contributed by atoms with Crippen LogP contribution in [0.5, 0.6) is 0 Å². The van der Waals surface area contributed by atoms with Gasteiger partial charge in [-0.2, -0.15) is 5.10 Å². The SMILES string of the molecule is C/C(=N\Nc1ccc([N+](=O)[O-])cc1[N+](=O)[O-])C1C(=O)CC(C)(C)CC1=O. The molecule has 2 rings (SSSR count). The van der Waals surface area contributed by atoms with E-state index in [4.69, 9.17) is 0 Å². The third-order valence-electron chi connectivity index (χ3n) is 4.11. The number of nitrogens with zero attached hydrogens (tertiary/aromatic N) is 3. The van der Waals surface area contributed by atoms with Crippen LogP contribution in [0.25, 0.3) is 0 Å². The van der Waals surface area contributed by atoms with Crippen LogP contribution in [-0.2, 0) is 9.59 Å². The molecule has 1 aliphatic carbocycles. The van der Waals surface area contributed by atoms with Crippen molar-refractivity contribution < 1.29 is 19.4 Å². The summed E-state index contributed by atoms with van der Waals surface area (Å²) >= 11 is 0. The van der Waals surface area contributed by atoms with Crippen molar-refractivity contribution in [3.05, 3.63) is 38.4 Å². The van der Waals surface area contributed by atoms with E-state index >= 15 is 0 Å². The predicted molar refractivity (Wildman–Crippen MR) is 93.0 cm³/mol. The standard InChI is InChI=1S/C16H18N4O6/c1-9(15-13(21)7-16(2,3)8-14(15)22)17-18-11-5-4-10(19(23)24)6-12(11)20(25)26/h4-6,15,18H,7-8H2,1-3H3/b17-9+. The summed E-state index contributed by atoms with van der Waals surface area (Å²) in [6.45, 7) is 5.16. The number of nitro benzene ring substituents is 2. The number of hydrogen-bond acceptors (Lipinski definition) is 8. The monoisotopic (exact) mass is 362 g/mol. The number of nitrogens with one attached hydrogen (secondary N) is 1. The highest BCUT2D eigenvalue weighted by atomic mass is 16.6. The zero-order valence-corrected chi connectivity index (χ0v) is 14.5. The minimum atomic E-state index is -0.979. The molecule has 1 aromatic carbocycles. The third-order valence-corrected chi connectivity index (χ3v) is 4.11. The quantitative estimate of drug-likeness (QED) is 0.367. The lowest BCUT2D eigenvalue weighted by molar-refractivity contribution is -0.393. The molecule has 1 fully saturated rings. The molecule has 0 radical (unpaired) electrons. The molecule has 10 heteroatoms. The van der Waals surface area contributed by atoms with Gasteiger partial charge in [0.05, 0.1) is 21.6 Å². The molecule has 1 saturated carbocycles. The number of rotatable bonds is 5. The molecule has 10 nitrogen and oxygen atoms in total. The minimum absolute atomic E-state index is 0.0732. The summed E-state index contributed by atoms with van der Waals surface area (Å²) in [6, 6.07) is 3.06. The number of hydrogen-bond donors (Lipinski definition) is 1. The first-order chi connectivity index (χ1) is 12.0. The molecule has 1 aliphatic rings. The summed E-state index contributed by atoms with van der Waals surface area (Å²) in [5.74, 6) is -1.47. The molecule has 26 heavy (non-hydrogen) atoms. The van der Waals surface area contributed by atoms with Gasteiger partial charge >= 0.3 is 5.69 Å². The van der Waals surface area contributed by atoms with Crippen LogP contribution >= 0.6 is 0 Å². The van der Waals surface area contributed by atoms with E-state index in [-0.39, 0.29) is 35.8 Å². The van der Waals surface area contributed by atoms with E-state index in [1.165, 1.54) is 6.92 Å². The van der Waals surface area contributed by atoms with E-state index in [1.807, 2.05) is 13.8 Å². The lowest BCUT2D eigenvalue weighted by Gasteiger charge is -2.31. The molecule has 0 spiro atoms. The van der Waals surface area contributed by atoms with Crippen LogP contribution < -0.4 is 5.43 Å². The van der Waals surface area contributed by atoms with Crippen molar-refractivity contribution >= 4 is 34.3 Å². The van der Waals surface area contributed by atoms with Gasteiger partial charge in [0, 0.05) is 18.9 Å². The molecule has 0 heterocycles. The fourth-order valence-corrected chi connectivity index (χ4v) is 2.95. The Kier molecular flexibility index (Phi) is 5.15. The van der Waals surface area contributed by atoms with E-state index in [0.29, 0.717) is 0 Å². The Balaban J connectivity index is 2.26. The number of carbonyl (C=O) groups excluding carboxylic acids is 2. The molecule has 1 N–H and O–H groups in total. The summed E-state index contributed by atoms with van der Waals surface area (Å²) < 4.78 is 0. The summed E-state index contributed by atoms with van der Waals surface area (Å²) in [6.07, 6.45) is 0.488. The van der Waals surface area contributed by atoms with Gasteiger partial charge in [-0.25, -0.2) is 0 Å². The van der Waals surface area contributed by atoms with Gasteiger partial charge in [0.2, 0.25) is 0 Å². The molecular weight excluding hydrogens is 344 g/mol. The third kappa shape index (κ3) is 4.08. The number of benzene rings is 1. The Bertz CT molecular complexity index is 810. The Morgan fingerprint density at radius 1 is 1.15 bits per heavy atom. The fourth-order valence-electron chi connectivity index (χ4n) is 2.95. The Labute approximate surface area is 148 Å². The van der Waals surface area contributed by atoms with Crippen LogP contribution in [0.15, 0.2) is 23.3 Å². The number of carbonyl (C=O) groups is 2. The number of non-ortho nitro benzene ring substituents is 1. The van der Waals surface area contributed by atoms with Crippen molar-refractivity contribution in [1.82, 2.24) is 0 Å². The van der Waals surface area contributed by atoms with Gasteiger partial charge < -0.3 is 0 Å². The molecule has 0 amide bonds. The summed E-state index contributed by atoms with van der Waals surface area (Å²) in [5.41, 5.74) is 1.21. The van der Waals surface area contributed by atoms with Crippen molar-refractivity contribution in [2.45, 2.75) is 33.6 Å². The Morgan fingerprint density at radius 3 is 2.23 bits per heavy atom. The fraction of sp³-hybridized carbons (Fsp3) is 0.438. The van der Waals surface area contributed by atoms with Crippen molar-refractivity contribution in [1.29, 1.82) is 0 Å². The van der Waals surface area contributed by atoms with Gasteiger partial charge in [0.25, 0.3) is 5.69 Å².